The quantitative estimate of drug-likeness (QED) is 0.618. The van der Waals surface area contributed by atoms with Gasteiger partial charge in [-0.2, -0.15) is 0 Å². The first-order valence-electron chi connectivity index (χ1n) is 9.48. The molecule has 156 valence electrons. The van der Waals surface area contributed by atoms with Crippen LogP contribution < -0.4 is 11.1 Å². The Balaban J connectivity index is 1.87. The molecule has 0 saturated carbocycles. The number of nitrogen functional groups attached to an aromatic ring is 1. The van der Waals surface area contributed by atoms with Gasteiger partial charge < -0.3 is 16.0 Å². The maximum atomic E-state index is 14.0. The zero-order chi connectivity index (χ0) is 21.1. The van der Waals surface area contributed by atoms with Crippen LogP contribution in [-0.2, 0) is 4.79 Å². The van der Waals surface area contributed by atoms with Crippen LogP contribution in [0.1, 0.15) is 31.2 Å². The van der Waals surface area contributed by atoms with Gasteiger partial charge in [0, 0.05) is 25.7 Å². The standard InChI is InChI=1S/C21H23Cl2F2N3O/c1-12-4-6-28(7-5-12)21(29)15(13-8-16(22)20(26)17(23)9-13)11-27-19-3-2-14(24)10-18(19)25/h2-3,8-10,12,15,27H,4-7,11,26H2,1H3. The molecule has 0 radical (unpaired) electrons. The lowest BCUT2D eigenvalue weighted by molar-refractivity contribution is -0.133. The van der Waals surface area contributed by atoms with Crippen molar-refractivity contribution in [2.24, 2.45) is 5.92 Å². The number of nitrogens with one attached hydrogen (secondary N) is 1. The molecule has 8 heteroatoms. The predicted octanol–water partition coefficient (Wildman–Crippen LogP) is 5.31. The Hall–Kier alpha value is -2.05. The molecule has 0 aliphatic carbocycles. The summed E-state index contributed by atoms with van der Waals surface area (Å²) in [6.07, 6.45) is 1.86. The zero-order valence-corrected chi connectivity index (χ0v) is 17.5. The van der Waals surface area contributed by atoms with Crippen LogP contribution in [0.25, 0.3) is 0 Å². The SMILES string of the molecule is CC1CCN(C(=O)C(CNc2ccc(F)cc2F)c2cc(Cl)c(N)c(Cl)c2)CC1. The van der Waals surface area contributed by atoms with Crippen LogP contribution in [0.15, 0.2) is 30.3 Å². The summed E-state index contributed by atoms with van der Waals surface area (Å²) in [6, 6.07) is 6.48. The highest BCUT2D eigenvalue weighted by Gasteiger charge is 2.29. The molecular formula is C21H23Cl2F2N3O. The van der Waals surface area contributed by atoms with E-state index in [1.54, 1.807) is 12.1 Å². The fourth-order valence-corrected chi connectivity index (χ4v) is 3.95. The number of amides is 1. The predicted molar refractivity (Wildman–Crippen MR) is 113 cm³/mol. The Bertz CT molecular complexity index is 878. The first-order valence-corrected chi connectivity index (χ1v) is 10.2. The molecule has 2 aromatic rings. The van der Waals surface area contributed by atoms with Gasteiger partial charge in [-0.15, -0.1) is 0 Å². The van der Waals surface area contributed by atoms with Gasteiger partial charge in [-0.1, -0.05) is 30.1 Å². The summed E-state index contributed by atoms with van der Waals surface area (Å²) in [6.45, 7) is 3.59. The van der Waals surface area contributed by atoms with E-state index in [1.807, 2.05) is 4.90 Å². The summed E-state index contributed by atoms with van der Waals surface area (Å²) in [5, 5.41) is 3.42. The van der Waals surface area contributed by atoms with E-state index in [1.165, 1.54) is 6.07 Å². The lowest BCUT2D eigenvalue weighted by Gasteiger charge is -2.33. The molecule has 1 aliphatic heterocycles. The maximum Gasteiger partial charge on any atom is 0.231 e. The highest BCUT2D eigenvalue weighted by Crippen LogP contribution is 2.33. The highest BCUT2D eigenvalue weighted by atomic mass is 35.5. The number of carbonyl (C=O) groups excluding carboxylic acids is 1. The first kappa shape index (κ1) is 21.7. The second kappa shape index (κ2) is 9.18. The van der Waals surface area contributed by atoms with E-state index in [9.17, 15) is 13.6 Å². The number of piperidine rings is 1. The number of nitrogens with zero attached hydrogens (tertiary/aromatic N) is 1. The third kappa shape index (κ3) is 5.11. The summed E-state index contributed by atoms with van der Waals surface area (Å²) < 4.78 is 27.2. The van der Waals surface area contributed by atoms with Crippen molar-refractivity contribution in [3.63, 3.8) is 0 Å². The van der Waals surface area contributed by atoms with Gasteiger partial charge in [-0.25, -0.2) is 8.78 Å². The first-order chi connectivity index (χ1) is 13.8. The van der Waals surface area contributed by atoms with E-state index in [-0.39, 0.29) is 33.9 Å². The molecule has 1 heterocycles. The van der Waals surface area contributed by atoms with E-state index in [4.69, 9.17) is 28.9 Å². The number of rotatable bonds is 5. The molecule has 3 rings (SSSR count). The molecule has 1 fully saturated rings. The molecule has 29 heavy (non-hydrogen) atoms. The van der Waals surface area contributed by atoms with Gasteiger partial charge in [0.2, 0.25) is 5.91 Å². The number of likely N-dealkylation sites (tertiary alicyclic amines) is 1. The van der Waals surface area contributed by atoms with Crippen molar-refractivity contribution in [1.82, 2.24) is 4.90 Å². The third-order valence-corrected chi connectivity index (χ3v) is 5.95. The zero-order valence-electron chi connectivity index (χ0n) is 16.0. The second-order valence-electron chi connectivity index (χ2n) is 7.46. The molecular weight excluding hydrogens is 419 g/mol. The Kier molecular flexibility index (Phi) is 6.85. The minimum Gasteiger partial charge on any atom is -0.396 e. The molecule has 2 aromatic carbocycles. The number of carbonyl (C=O) groups is 1. The molecule has 1 saturated heterocycles. The summed E-state index contributed by atoms with van der Waals surface area (Å²) >= 11 is 12.4. The van der Waals surface area contributed by atoms with Crippen molar-refractivity contribution < 1.29 is 13.6 Å². The van der Waals surface area contributed by atoms with E-state index in [2.05, 4.69) is 12.2 Å². The van der Waals surface area contributed by atoms with Gasteiger partial charge in [0.25, 0.3) is 0 Å². The molecule has 3 N–H and O–H groups in total. The lowest BCUT2D eigenvalue weighted by atomic mass is 9.93. The fourth-order valence-electron chi connectivity index (χ4n) is 3.45. The van der Waals surface area contributed by atoms with Crippen LogP contribution in [-0.4, -0.2) is 30.4 Å². The van der Waals surface area contributed by atoms with Gasteiger partial charge in [-0.3, -0.25) is 4.79 Å². The minimum atomic E-state index is -0.726. The van der Waals surface area contributed by atoms with Gasteiger partial charge in [0.15, 0.2) is 0 Å². The van der Waals surface area contributed by atoms with E-state index in [0.29, 0.717) is 24.6 Å². The fraction of sp³-hybridized carbons (Fsp3) is 0.381. The molecule has 0 bridgehead atoms. The average Bonchev–Trinajstić information content (AvgIpc) is 2.68. The smallest absolute Gasteiger partial charge is 0.231 e. The number of hydrogen-bond acceptors (Lipinski definition) is 3. The normalized spacial score (nSPS) is 16.0. The number of benzene rings is 2. The second-order valence-corrected chi connectivity index (χ2v) is 8.28. The number of anilines is 2. The van der Waals surface area contributed by atoms with E-state index in [0.717, 1.165) is 25.0 Å². The topological polar surface area (TPSA) is 58.4 Å². The summed E-state index contributed by atoms with van der Waals surface area (Å²) in [5.74, 6) is -1.56. The molecule has 0 aromatic heterocycles. The van der Waals surface area contributed by atoms with Crippen LogP contribution in [0.4, 0.5) is 20.2 Å². The molecule has 4 nitrogen and oxygen atoms in total. The van der Waals surface area contributed by atoms with Crippen molar-refractivity contribution in [3.05, 3.63) is 57.6 Å². The highest BCUT2D eigenvalue weighted by molar-refractivity contribution is 6.39. The molecule has 1 atom stereocenters. The number of hydrogen-bond donors (Lipinski definition) is 2. The summed E-state index contributed by atoms with van der Waals surface area (Å²) in [4.78, 5) is 15.1. The van der Waals surface area contributed by atoms with Crippen molar-refractivity contribution in [1.29, 1.82) is 0 Å². The van der Waals surface area contributed by atoms with Gasteiger partial charge >= 0.3 is 0 Å². The summed E-state index contributed by atoms with van der Waals surface area (Å²) in [7, 11) is 0. The van der Waals surface area contributed by atoms with Crippen molar-refractivity contribution in [3.8, 4) is 0 Å². The Morgan fingerprint density at radius 1 is 1.21 bits per heavy atom. The van der Waals surface area contributed by atoms with Crippen LogP contribution in [0.5, 0.6) is 0 Å². The minimum absolute atomic E-state index is 0.0937. The van der Waals surface area contributed by atoms with Crippen LogP contribution in [0.3, 0.4) is 0 Å². The Morgan fingerprint density at radius 3 is 2.41 bits per heavy atom. The van der Waals surface area contributed by atoms with Gasteiger partial charge in [-0.05, 0) is 48.6 Å². The molecule has 1 aliphatic rings. The van der Waals surface area contributed by atoms with E-state index >= 15 is 0 Å². The monoisotopic (exact) mass is 441 g/mol. The van der Waals surface area contributed by atoms with Crippen LogP contribution in [0, 0.1) is 17.6 Å². The Morgan fingerprint density at radius 2 is 1.83 bits per heavy atom. The van der Waals surface area contributed by atoms with Crippen LogP contribution in [0.2, 0.25) is 10.0 Å². The summed E-state index contributed by atoms with van der Waals surface area (Å²) in [5.41, 5.74) is 6.77. The van der Waals surface area contributed by atoms with Gasteiger partial charge in [0.05, 0.1) is 27.3 Å². The van der Waals surface area contributed by atoms with Crippen LogP contribution >= 0.6 is 23.2 Å². The average molecular weight is 442 g/mol. The third-order valence-electron chi connectivity index (χ3n) is 5.32. The largest absolute Gasteiger partial charge is 0.396 e. The van der Waals surface area contributed by atoms with E-state index < -0.39 is 17.6 Å². The van der Waals surface area contributed by atoms with Crippen molar-refractivity contribution in [2.45, 2.75) is 25.7 Å². The van der Waals surface area contributed by atoms with Gasteiger partial charge in [0.1, 0.15) is 11.6 Å². The molecule has 1 unspecified atom stereocenters. The number of nitrogens with two attached hydrogens (primary N) is 1. The Labute approximate surface area is 179 Å². The van der Waals surface area contributed by atoms with Crippen molar-refractivity contribution in [2.75, 3.05) is 30.7 Å². The van der Waals surface area contributed by atoms with Crippen molar-refractivity contribution >= 4 is 40.5 Å². The molecule has 1 amide bonds. The number of halogens is 4. The maximum absolute atomic E-state index is 14.0. The molecule has 0 spiro atoms. The lowest BCUT2D eigenvalue weighted by Crippen LogP contribution is -2.42.